The summed E-state index contributed by atoms with van der Waals surface area (Å²) in [6, 6.07) is 11.8. The van der Waals surface area contributed by atoms with Crippen LogP contribution in [0.25, 0.3) is 0 Å². The second-order valence-corrected chi connectivity index (χ2v) is 6.54. The number of amidine groups is 1. The summed E-state index contributed by atoms with van der Waals surface area (Å²) in [6.07, 6.45) is 0.0655. The zero-order valence-corrected chi connectivity index (χ0v) is 15.0. The topological polar surface area (TPSA) is 71.1 Å². The number of fused-ring (bicyclic) bond motifs is 1. The number of halogens is 1. The number of para-hydroxylation sites is 1. The van der Waals surface area contributed by atoms with E-state index in [0.717, 1.165) is 22.6 Å². The number of hydrogen-bond donors (Lipinski definition) is 2. The van der Waals surface area contributed by atoms with Gasteiger partial charge in [0.05, 0.1) is 24.4 Å². The Balaban J connectivity index is 1.60. The zero-order valence-electron chi connectivity index (χ0n) is 15.0. The van der Waals surface area contributed by atoms with Crippen molar-refractivity contribution in [2.75, 3.05) is 20.2 Å². The van der Waals surface area contributed by atoms with Crippen LogP contribution >= 0.6 is 0 Å². The molecule has 0 amide bonds. The molecule has 138 valence electrons. The number of aliphatic hydroxyl groups excluding tert-OH is 1. The highest BCUT2D eigenvalue weighted by molar-refractivity contribution is 5.82. The molecule has 0 aliphatic heterocycles. The maximum Gasteiger partial charge on any atom is 0.165 e. The lowest BCUT2D eigenvalue weighted by Crippen LogP contribution is -2.28. The molecule has 0 fully saturated rings. The van der Waals surface area contributed by atoms with Crippen molar-refractivity contribution >= 4 is 11.5 Å². The molecule has 1 aliphatic carbocycles. The van der Waals surface area contributed by atoms with Crippen LogP contribution in [0.4, 0.5) is 10.1 Å². The van der Waals surface area contributed by atoms with E-state index in [9.17, 15) is 9.50 Å². The molecule has 5 nitrogen and oxygen atoms in total. The van der Waals surface area contributed by atoms with E-state index in [-0.39, 0.29) is 17.6 Å². The summed E-state index contributed by atoms with van der Waals surface area (Å²) >= 11 is 0. The molecule has 2 aromatic carbocycles. The second-order valence-electron chi connectivity index (χ2n) is 6.54. The number of nitrogens with zero attached hydrogens (tertiary/aromatic N) is 2. The maximum absolute atomic E-state index is 13.5. The number of benzene rings is 2. The molecule has 0 saturated carbocycles. The van der Waals surface area contributed by atoms with Crippen molar-refractivity contribution in [3.8, 4) is 5.75 Å². The maximum atomic E-state index is 13.5. The largest absolute Gasteiger partial charge is 0.489 e. The van der Waals surface area contributed by atoms with E-state index < -0.39 is 6.10 Å². The normalized spacial score (nSPS) is 19.3. The summed E-state index contributed by atoms with van der Waals surface area (Å²) in [5.74, 6) is 0.702. The van der Waals surface area contributed by atoms with Crippen LogP contribution < -0.4 is 10.5 Å². The Morgan fingerprint density at radius 1 is 1.35 bits per heavy atom. The summed E-state index contributed by atoms with van der Waals surface area (Å²) in [7, 11) is 1.91. The van der Waals surface area contributed by atoms with E-state index in [2.05, 4.69) is 4.99 Å². The third-order valence-corrected chi connectivity index (χ3v) is 4.70. The summed E-state index contributed by atoms with van der Waals surface area (Å²) in [4.78, 5) is 6.56. The number of rotatable bonds is 5. The molecule has 0 aromatic heterocycles. The number of ether oxygens (including phenoxy) is 1. The molecule has 0 saturated heterocycles. The average Bonchev–Trinajstić information content (AvgIpc) is 2.91. The number of likely N-dealkylation sites (N-methyl/N-ethyl adjacent to an activating group) is 1. The molecule has 3 rings (SSSR count). The molecule has 0 spiro atoms. The van der Waals surface area contributed by atoms with Crippen molar-refractivity contribution in [2.45, 2.75) is 25.5 Å². The van der Waals surface area contributed by atoms with E-state index in [0.29, 0.717) is 19.6 Å². The predicted octanol–water partition coefficient (Wildman–Crippen LogP) is 2.80. The Hall–Kier alpha value is -2.44. The van der Waals surface area contributed by atoms with Gasteiger partial charge in [0.1, 0.15) is 12.4 Å². The van der Waals surface area contributed by atoms with Crippen molar-refractivity contribution < 1.29 is 14.2 Å². The Kier molecular flexibility index (Phi) is 5.54. The minimum Gasteiger partial charge on any atom is -0.489 e. The van der Waals surface area contributed by atoms with Gasteiger partial charge >= 0.3 is 0 Å². The third-order valence-electron chi connectivity index (χ3n) is 4.70. The Morgan fingerprint density at radius 3 is 2.88 bits per heavy atom. The van der Waals surface area contributed by atoms with E-state index in [1.54, 1.807) is 18.2 Å². The molecule has 0 radical (unpaired) electrons. The van der Waals surface area contributed by atoms with Gasteiger partial charge in [0.15, 0.2) is 11.6 Å². The van der Waals surface area contributed by atoms with Crippen LogP contribution in [0.1, 0.15) is 24.1 Å². The first-order valence-corrected chi connectivity index (χ1v) is 8.66. The van der Waals surface area contributed by atoms with Crippen LogP contribution in [0.15, 0.2) is 47.5 Å². The third kappa shape index (κ3) is 4.03. The van der Waals surface area contributed by atoms with Gasteiger partial charge in [0.2, 0.25) is 0 Å². The van der Waals surface area contributed by atoms with Gasteiger partial charge in [0, 0.05) is 13.5 Å². The van der Waals surface area contributed by atoms with Crippen molar-refractivity contribution in [1.29, 1.82) is 0 Å². The molecule has 2 aromatic rings. The standard InChI is InChI=1S/C20H24FN3O2/c1-13(24(2)9-10-26-19-6-4-3-5-17(19)21)23-15-8-7-14-11-18(25)20(22)16(14)12-15/h3-8,12,18,20,25H,9-11,22H2,1-2H3/t18-,20-/m1/s1. The molecule has 26 heavy (non-hydrogen) atoms. The lowest BCUT2D eigenvalue weighted by Gasteiger charge is -2.19. The van der Waals surface area contributed by atoms with Gasteiger partial charge in [-0.2, -0.15) is 0 Å². The van der Waals surface area contributed by atoms with Gasteiger partial charge in [-0.25, -0.2) is 9.38 Å². The molecule has 0 bridgehead atoms. The highest BCUT2D eigenvalue weighted by Crippen LogP contribution is 2.32. The monoisotopic (exact) mass is 357 g/mol. The Labute approximate surface area is 152 Å². The van der Waals surface area contributed by atoms with Crippen LogP contribution in [0.2, 0.25) is 0 Å². The van der Waals surface area contributed by atoms with E-state index in [1.165, 1.54) is 6.07 Å². The van der Waals surface area contributed by atoms with E-state index in [1.807, 2.05) is 37.1 Å². The van der Waals surface area contributed by atoms with Crippen molar-refractivity contribution in [3.63, 3.8) is 0 Å². The first-order chi connectivity index (χ1) is 12.5. The SMILES string of the molecule is CC(=Nc1ccc2c(c1)[C@@H](N)[C@H](O)C2)N(C)CCOc1ccccc1F. The van der Waals surface area contributed by atoms with Crippen LogP contribution in [0.3, 0.4) is 0 Å². The van der Waals surface area contributed by atoms with Gasteiger partial charge in [-0.3, -0.25) is 0 Å². The minimum absolute atomic E-state index is 0.252. The van der Waals surface area contributed by atoms with Crippen LogP contribution in [-0.4, -0.2) is 42.1 Å². The first-order valence-electron chi connectivity index (χ1n) is 8.66. The molecule has 0 heterocycles. The van der Waals surface area contributed by atoms with Crippen molar-refractivity contribution in [2.24, 2.45) is 10.7 Å². The fourth-order valence-electron chi connectivity index (χ4n) is 3.00. The fraction of sp³-hybridized carbons (Fsp3) is 0.350. The number of aliphatic hydroxyl groups is 1. The second kappa shape index (κ2) is 7.85. The molecular weight excluding hydrogens is 333 g/mol. The zero-order chi connectivity index (χ0) is 18.7. The highest BCUT2D eigenvalue weighted by atomic mass is 19.1. The van der Waals surface area contributed by atoms with Crippen LogP contribution in [0.5, 0.6) is 5.75 Å². The summed E-state index contributed by atoms with van der Waals surface area (Å²) in [5, 5.41) is 9.88. The molecule has 2 atom stereocenters. The predicted molar refractivity (Wildman–Crippen MR) is 100 cm³/mol. The van der Waals surface area contributed by atoms with Crippen LogP contribution in [0, 0.1) is 5.82 Å². The molecule has 0 unspecified atom stereocenters. The molecule has 6 heteroatoms. The van der Waals surface area contributed by atoms with Gasteiger partial charge in [-0.05, 0) is 42.3 Å². The number of aliphatic imine (C=N–C) groups is 1. The lowest BCUT2D eigenvalue weighted by atomic mass is 10.1. The first kappa shape index (κ1) is 18.4. The quantitative estimate of drug-likeness (QED) is 0.638. The smallest absolute Gasteiger partial charge is 0.165 e. The van der Waals surface area contributed by atoms with Crippen LogP contribution in [-0.2, 0) is 6.42 Å². The molecule has 3 N–H and O–H groups in total. The van der Waals surface area contributed by atoms with Gasteiger partial charge in [0.25, 0.3) is 0 Å². The number of nitrogens with two attached hydrogens (primary N) is 1. The summed E-state index contributed by atoms with van der Waals surface area (Å²) in [6.45, 7) is 2.84. The molecular formula is C20H24FN3O2. The summed E-state index contributed by atoms with van der Waals surface area (Å²) in [5.41, 5.74) is 8.86. The average molecular weight is 357 g/mol. The van der Waals surface area contributed by atoms with E-state index in [4.69, 9.17) is 10.5 Å². The lowest BCUT2D eigenvalue weighted by molar-refractivity contribution is 0.158. The van der Waals surface area contributed by atoms with Gasteiger partial charge in [-0.1, -0.05) is 18.2 Å². The number of hydrogen-bond acceptors (Lipinski definition) is 4. The fourth-order valence-corrected chi connectivity index (χ4v) is 3.00. The highest BCUT2D eigenvalue weighted by Gasteiger charge is 2.27. The summed E-state index contributed by atoms with van der Waals surface area (Å²) < 4.78 is 19.0. The van der Waals surface area contributed by atoms with E-state index >= 15 is 0 Å². The van der Waals surface area contributed by atoms with Crippen molar-refractivity contribution in [1.82, 2.24) is 4.90 Å². The Bertz CT molecular complexity index is 809. The molecule has 1 aliphatic rings. The van der Waals surface area contributed by atoms with Crippen molar-refractivity contribution in [3.05, 3.63) is 59.4 Å². The van der Waals surface area contributed by atoms with Gasteiger partial charge < -0.3 is 20.5 Å². The Morgan fingerprint density at radius 2 is 2.12 bits per heavy atom. The van der Waals surface area contributed by atoms with Gasteiger partial charge in [-0.15, -0.1) is 0 Å². The minimum atomic E-state index is -0.525.